The van der Waals surface area contributed by atoms with Gasteiger partial charge in [0.25, 0.3) is 0 Å². The van der Waals surface area contributed by atoms with E-state index in [9.17, 15) is 9.18 Å². The number of anilines is 2. The lowest BCUT2D eigenvalue weighted by Crippen LogP contribution is -2.11. The molecule has 0 aliphatic carbocycles. The van der Waals surface area contributed by atoms with Crippen molar-refractivity contribution >= 4 is 28.7 Å². The molecule has 1 atom stereocenters. The minimum atomic E-state index is -0.589. The number of thiophene rings is 1. The van der Waals surface area contributed by atoms with Crippen LogP contribution >= 0.6 is 11.3 Å². The molecular formula is C14H15FN2O2S. The topological polar surface area (TPSA) is 64.3 Å². The first-order valence-electron chi connectivity index (χ1n) is 5.99. The van der Waals surface area contributed by atoms with Gasteiger partial charge in [-0.2, -0.15) is 11.3 Å². The van der Waals surface area contributed by atoms with Crippen LogP contribution in [0, 0.1) is 5.82 Å². The molecule has 2 rings (SSSR count). The van der Waals surface area contributed by atoms with Crippen LogP contribution in [0.3, 0.4) is 0 Å². The molecule has 1 aromatic carbocycles. The Balaban J connectivity index is 2.29. The van der Waals surface area contributed by atoms with Gasteiger partial charge in [0.1, 0.15) is 5.82 Å². The highest BCUT2D eigenvalue weighted by molar-refractivity contribution is 7.07. The second kappa shape index (κ2) is 5.92. The van der Waals surface area contributed by atoms with Crippen molar-refractivity contribution in [2.75, 3.05) is 18.2 Å². The second-order valence-corrected chi connectivity index (χ2v) is 5.11. The molecule has 1 aromatic heterocycles. The number of methoxy groups -OCH3 is 1. The molecule has 2 aromatic rings. The second-order valence-electron chi connectivity index (χ2n) is 4.33. The van der Waals surface area contributed by atoms with Crippen LogP contribution < -0.4 is 11.1 Å². The molecular weight excluding hydrogens is 279 g/mol. The van der Waals surface area contributed by atoms with Gasteiger partial charge in [-0.1, -0.05) is 0 Å². The number of ether oxygens (including phenoxy) is 1. The number of benzene rings is 1. The Kier molecular flexibility index (Phi) is 4.24. The van der Waals surface area contributed by atoms with Gasteiger partial charge in [-0.05, 0) is 41.4 Å². The predicted octanol–water partition coefficient (Wildman–Crippen LogP) is 3.43. The summed E-state index contributed by atoms with van der Waals surface area (Å²) in [6.07, 6.45) is 0. The van der Waals surface area contributed by atoms with Gasteiger partial charge in [-0.3, -0.25) is 0 Å². The summed E-state index contributed by atoms with van der Waals surface area (Å²) in [5.74, 6) is -1.09. The van der Waals surface area contributed by atoms with Crippen LogP contribution in [-0.4, -0.2) is 13.1 Å². The van der Waals surface area contributed by atoms with Gasteiger partial charge in [0, 0.05) is 11.7 Å². The molecule has 0 fully saturated rings. The van der Waals surface area contributed by atoms with Crippen molar-refractivity contribution in [1.82, 2.24) is 0 Å². The molecule has 0 bridgehead atoms. The minimum absolute atomic E-state index is 0.0584. The lowest BCUT2D eigenvalue weighted by Gasteiger charge is -2.16. The SMILES string of the molecule is COC(=O)c1cc(NC(C)c2ccsc2)c(F)cc1N. The smallest absolute Gasteiger partial charge is 0.340 e. The monoisotopic (exact) mass is 294 g/mol. The zero-order valence-electron chi connectivity index (χ0n) is 11.1. The van der Waals surface area contributed by atoms with E-state index in [1.165, 1.54) is 13.2 Å². The summed E-state index contributed by atoms with van der Waals surface area (Å²) in [6.45, 7) is 1.91. The van der Waals surface area contributed by atoms with Crippen LogP contribution in [0.15, 0.2) is 29.0 Å². The summed E-state index contributed by atoms with van der Waals surface area (Å²) in [4.78, 5) is 11.6. The number of carbonyl (C=O) groups is 1. The molecule has 106 valence electrons. The van der Waals surface area contributed by atoms with Crippen LogP contribution in [0.4, 0.5) is 15.8 Å². The highest BCUT2D eigenvalue weighted by atomic mass is 32.1. The first-order valence-corrected chi connectivity index (χ1v) is 6.93. The van der Waals surface area contributed by atoms with Crippen LogP contribution in [-0.2, 0) is 4.74 Å². The van der Waals surface area contributed by atoms with Crippen molar-refractivity contribution < 1.29 is 13.9 Å². The molecule has 0 radical (unpaired) electrons. The van der Waals surface area contributed by atoms with Crippen molar-refractivity contribution in [3.8, 4) is 0 Å². The van der Waals surface area contributed by atoms with E-state index >= 15 is 0 Å². The number of nitrogens with one attached hydrogen (secondary N) is 1. The van der Waals surface area contributed by atoms with Crippen molar-refractivity contribution in [2.45, 2.75) is 13.0 Å². The molecule has 0 saturated heterocycles. The average Bonchev–Trinajstić information content (AvgIpc) is 2.95. The van der Waals surface area contributed by atoms with E-state index in [1.807, 2.05) is 23.8 Å². The fourth-order valence-electron chi connectivity index (χ4n) is 1.82. The van der Waals surface area contributed by atoms with Crippen molar-refractivity contribution in [3.05, 3.63) is 45.9 Å². The van der Waals surface area contributed by atoms with Crippen LogP contribution in [0.1, 0.15) is 28.9 Å². The van der Waals surface area contributed by atoms with E-state index in [0.29, 0.717) is 0 Å². The normalized spacial score (nSPS) is 11.9. The third-order valence-corrected chi connectivity index (χ3v) is 3.66. The molecule has 0 aliphatic heterocycles. The van der Waals surface area contributed by atoms with Gasteiger partial charge in [-0.15, -0.1) is 0 Å². The minimum Gasteiger partial charge on any atom is -0.465 e. The summed E-state index contributed by atoms with van der Waals surface area (Å²) >= 11 is 1.57. The molecule has 0 spiro atoms. The predicted molar refractivity (Wildman–Crippen MR) is 78.5 cm³/mol. The highest BCUT2D eigenvalue weighted by Crippen LogP contribution is 2.27. The third kappa shape index (κ3) is 2.91. The molecule has 20 heavy (non-hydrogen) atoms. The van der Waals surface area contributed by atoms with Crippen LogP contribution in [0.25, 0.3) is 0 Å². The van der Waals surface area contributed by atoms with Gasteiger partial charge >= 0.3 is 5.97 Å². The lowest BCUT2D eigenvalue weighted by molar-refractivity contribution is 0.0602. The van der Waals surface area contributed by atoms with E-state index in [-0.39, 0.29) is 23.0 Å². The fraction of sp³-hybridized carbons (Fsp3) is 0.214. The maximum atomic E-state index is 13.9. The standard InChI is InChI=1S/C14H15FN2O2S/c1-8(9-3-4-20-7-9)17-13-5-10(14(18)19-2)12(16)6-11(13)15/h3-8,17H,16H2,1-2H3. The average molecular weight is 294 g/mol. The summed E-state index contributed by atoms with van der Waals surface area (Å²) < 4.78 is 18.5. The van der Waals surface area contributed by atoms with E-state index in [4.69, 9.17) is 5.73 Å². The van der Waals surface area contributed by atoms with Crippen molar-refractivity contribution in [2.24, 2.45) is 0 Å². The Bertz CT molecular complexity index is 614. The third-order valence-electron chi connectivity index (χ3n) is 2.96. The molecule has 1 heterocycles. The van der Waals surface area contributed by atoms with E-state index < -0.39 is 11.8 Å². The number of esters is 1. The van der Waals surface area contributed by atoms with Gasteiger partial charge in [0.05, 0.1) is 18.4 Å². The van der Waals surface area contributed by atoms with Crippen molar-refractivity contribution in [1.29, 1.82) is 0 Å². The maximum absolute atomic E-state index is 13.9. The Labute approximate surface area is 120 Å². The number of nitrogens with two attached hydrogens (primary N) is 1. The summed E-state index contributed by atoms with van der Waals surface area (Å²) in [5.41, 5.74) is 7.10. The van der Waals surface area contributed by atoms with Crippen LogP contribution in [0.2, 0.25) is 0 Å². The number of hydrogen-bond acceptors (Lipinski definition) is 5. The zero-order valence-corrected chi connectivity index (χ0v) is 12.0. The quantitative estimate of drug-likeness (QED) is 0.670. The number of rotatable bonds is 4. The van der Waals surface area contributed by atoms with Crippen molar-refractivity contribution in [3.63, 3.8) is 0 Å². The lowest BCUT2D eigenvalue weighted by atomic mass is 10.1. The van der Waals surface area contributed by atoms with E-state index in [1.54, 1.807) is 11.3 Å². The van der Waals surface area contributed by atoms with Gasteiger partial charge in [0.2, 0.25) is 0 Å². The van der Waals surface area contributed by atoms with Gasteiger partial charge in [0.15, 0.2) is 0 Å². The first-order chi connectivity index (χ1) is 9.52. The Morgan fingerprint density at radius 3 is 2.85 bits per heavy atom. The van der Waals surface area contributed by atoms with E-state index in [0.717, 1.165) is 11.6 Å². The maximum Gasteiger partial charge on any atom is 0.340 e. The summed E-state index contributed by atoms with van der Waals surface area (Å²) in [7, 11) is 1.26. The largest absolute Gasteiger partial charge is 0.465 e. The first kappa shape index (κ1) is 14.3. The molecule has 0 amide bonds. The van der Waals surface area contributed by atoms with Gasteiger partial charge < -0.3 is 15.8 Å². The number of carbonyl (C=O) groups excluding carboxylic acids is 1. The molecule has 3 N–H and O–H groups in total. The Hall–Kier alpha value is -2.08. The van der Waals surface area contributed by atoms with Crippen LogP contribution in [0.5, 0.6) is 0 Å². The Morgan fingerprint density at radius 2 is 2.25 bits per heavy atom. The zero-order chi connectivity index (χ0) is 14.7. The van der Waals surface area contributed by atoms with E-state index in [2.05, 4.69) is 10.1 Å². The molecule has 1 unspecified atom stereocenters. The summed E-state index contributed by atoms with van der Waals surface area (Å²) in [5, 5.41) is 6.96. The molecule has 4 nitrogen and oxygen atoms in total. The molecule has 6 heteroatoms. The summed E-state index contributed by atoms with van der Waals surface area (Å²) in [6, 6.07) is 4.37. The highest BCUT2D eigenvalue weighted by Gasteiger charge is 2.16. The molecule has 0 aliphatic rings. The number of nitrogen functional groups attached to an aromatic ring is 1. The number of halogens is 1. The fourth-order valence-corrected chi connectivity index (χ4v) is 2.58. The van der Waals surface area contributed by atoms with Gasteiger partial charge in [-0.25, -0.2) is 9.18 Å². The number of hydrogen-bond donors (Lipinski definition) is 2. The Morgan fingerprint density at radius 1 is 1.50 bits per heavy atom. The molecule has 0 saturated carbocycles.